The van der Waals surface area contributed by atoms with Gasteiger partial charge in [0.05, 0.1) is 29.8 Å². The maximum atomic E-state index is 13.0. The van der Waals surface area contributed by atoms with Gasteiger partial charge in [0, 0.05) is 23.4 Å². The number of aromatic nitrogens is 5. The Morgan fingerprint density at radius 1 is 1.24 bits per heavy atom. The molecule has 1 aliphatic rings. The van der Waals surface area contributed by atoms with Crippen molar-refractivity contribution in [3.63, 3.8) is 0 Å². The van der Waals surface area contributed by atoms with Crippen molar-refractivity contribution in [3.8, 4) is 5.69 Å². The van der Waals surface area contributed by atoms with Gasteiger partial charge in [-0.05, 0) is 51.0 Å². The highest BCUT2D eigenvalue weighted by Crippen LogP contribution is 2.35. The molecule has 3 aromatic rings. The van der Waals surface area contributed by atoms with Gasteiger partial charge in [-0.1, -0.05) is 5.21 Å². The molecule has 1 aromatic carbocycles. The molecule has 1 unspecified atom stereocenters. The number of nitrogens with one attached hydrogen (secondary N) is 1. The molecule has 128 valence electrons. The summed E-state index contributed by atoms with van der Waals surface area (Å²) < 4.78 is 1.67. The van der Waals surface area contributed by atoms with Gasteiger partial charge in [0.15, 0.2) is 0 Å². The van der Waals surface area contributed by atoms with E-state index in [4.69, 9.17) is 0 Å². The number of rotatable bonds is 3. The summed E-state index contributed by atoms with van der Waals surface area (Å²) in [6, 6.07) is 7.58. The van der Waals surface area contributed by atoms with Crippen molar-refractivity contribution in [2.24, 2.45) is 0 Å². The Kier molecular flexibility index (Phi) is 3.83. The second-order valence-corrected chi connectivity index (χ2v) is 6.40. The Morgan fingerprint density at radius 2 is 2.04 bits per heavy atom. The zero-order valence-electron chi connectivity index (χ0n) is 14.3. The van der Waals surface area contributed by atoms with Crippen LogP contribution in [0.1, 0.15) is 46.2 Å². The molecule has 1 atom stereocenters. The molecule has 1 N–H and O–H groups in total. The van der Waals surface area contributed by atoms with Crippen LogP contribution in [-0.4, -0.2) is 42.5 Å². The van der Waals surface area contributed by atoms with Crippen LogP contribution in [0.25, 0.3) is 5.69 Å². The Morgan fingerprint density at radius 3 is 2.68 bits per heavy atom. The van der Waals surface area contributed by atoms with Gasteiger partial charge in [0.2, 0.25) is 0 Å². The first kappa shape index (κ1) is 15.6. The topological polar surface area (TPSA) is 79.7 Å². The summed E-state index contributed by atoms with van der Waals surface area (Å²) in [4.78, 5) is 15.0. The summed E-state index contributed by atoms with van der Waals surface area (Å²) >= 11 is 0. The molecule has 0 bridgehead atoms. The van der Waals surface area contributed by atoms with Crippen LogP contribution in [-0.2, 0) is 0 Å². The van der Waals surface area contributed by atoms with Crippen molar-refractivity contribution in [1.29, 1.82) is 0 Å². The Balaban J connectivity index is 1.59. The number of carbonyl (C=O) groups excluding carboxylic acids is 1. The van der Waals surface area contributed by atoms with Crippen LogP contribution in [0, 0.1) is 13.8 Å². The van der Waals surface area contributed by atoms with Gasteiger partial charge in [-0.15, -0.1) is 5.10 Å². The SMILES string of the molecule is Cc1n[nH]c(C)c1C1CCCN1C(=O)c1ccc(-n2ccnn2)cc1. The number of hydrogen-bond donors (Lipinski definition) is 1. The lowest BCUT2D eigenvalue weighted by atomic mass is 10.0. The number of hydrogen-bond acceptors (Lipinski definition) is 4. The number of benzene rings is 1. The van der Waals surface area contributed by atoms with E-state index in [1.54, 1.807) is 17.1 Å². The zero-order valence-corrected chi connectivity index (χ0v) is 14.3. The van der Waals surface area contributed by atoms with E-state index in [-0.39, 0.29) is 11.9 Å². The molecule has 0 spiro atoms. The van der Waals surface area contributed by atoms with Gasteiger partial charge >= 0.3 is 0 Å². The normalized spacial score (nSPS) is 17.2. The van der Waals surface area contributed by atoms with Crippen LogP contribution < -0.4 is 0 Å². The number of H-pyrrole nitrogens is 1. The van der Waals surface area contributed by atoms with E-state index < -0.39 is 0 Å². The van der Waals surface area contributed by atoms with E-state index in [1.165, 1.54) is 0 Å². The number of likely N-dealkylation sites (tertiary alicyclic amines) is 1. The molecule has 1 amide bonds. The average molecular weight is 336 g/mol. The second kappa shape index (κ2) is 6.16. The lowest BCUT2D eigenvalue weighted by Gasteiger charge is -2.25. The van der Waals surface area contributed by atoms with Gasteiger partial charge in [-0.3, -0.25) is 9.89 Å². The highest BCUT2D eigenvalue weighted by atomic mass is 16.2. The first-order valence-corrected chi connectivity index (χ1v) is 8.44. The Bertz CT molecular complexity index is 861. The molecule has 25 heavy (non-hydrogen) atoms. The molecule has 0 radical (unpaired) electrons. The standard InChI is InChI=1S/C18H20N6O/c1-12-17(13(2)21-20-12)16-4-3-10-23(16)18(25)14-5-7-15(8-6-14)24-11-9-19-22-24/h5-9,11,16H,3-4,10H2,1-2H3,(H,20,21). The lowest BCUT2D eigenvalue weighted by molar-refractivity contribution is 0.0735. The summed E-state index contributed by atoms with van der Waals surface area (Å²) in [5, 5.41) is 15.1. The van der Waals surface area contributed by atoms with Crippen LogP contribution in [0.5, 0.6) is 0 Å². The highest BCUT2D eigenvalue weighted by Gasteiger charge is 2.33. The fraction of sp³-hybridized carbons (Fsp3) is 0.333. The third-order valence-corrected chi connectivity index (χ3v) is 4.83. The van der Waals surface area contributed by atoms with Crippen LogP contribution in [0.3, 0.4) is 0 Å². The summed E-state index contributed by atoms with van der Waals surface area (Å²) in [5.74, 6) is 0.0626. The van der Waals surface area contributed by atoms with Gasteiger partial charge in [-0.2, -0.15) is 5.10 Å². The zero-order chi connectivity index (χ0) is 17.4. The number of aromatic amines is 1. The molecule has 0 aliphatic carbocycles. The van der Waals surface area contributed by atoms with Gasteiger partial charge in [0.25, 0.3) is 5.91 Å². The highest BCUT2D eigenvalue weighted by molar-refractivity contribution is 5.95. The van der Waals surface area contributed by atoms with Crippen molar-refractivity contribution in [2.45, 2.75) is 32.7 Å². The van der Waals surface area contributed by atoms with Crippen molar-refractivity contribution < 1.29 is 4.79 Å². The van der Waals surface area contributed by atoms with Crippen molar-refractivity contribution in [3.05, 3.63) is 59.2 Å². The number of aryl methyl sites for hydroxylation is 2. The summed E-state index contributed by atoms with van der Waals surface area (Å²) in [5.41, 5.74) is 4.75. The molecular weight excluding hydrogens is 316 g/mol. The van der Waals surface area contributed by atoms with Crippen molar-refractivity contribution in [1.82, 2.24) is 30.1 Å². The fourth-order valence-corrected chi connectivity index (χ4v) is 3.63. The predicted molar refractivity (Wildman–Crippen MR) is 92.4 cm³/mol. The molecule has 1 saturated heterocycles. The average Bonchev–Trinajstić information content (AvgIpc) is 3.36. The number of nitrogens with zero attached hydrogens (tertiary/aromatic N) is 5. The number of amides is 1. The predicted octanol–water partition coefficient (Wildman–Crippen LogP) is 2.58. The monoisotopic (exact) mass is 336 g/mol. The minimum absolute atomic E-state index is 0.0626. The van der Waals surface area contributed by atoms with Crippen LogP contribution in [0.2, 0.25) is 0 Å². The third kappa shape index (κ3) is 2.71. The molecule has 3 heterocycles. The molecule has 4 rings (SSSR count). The smallest absolute Gasteiger partial charge is 0.254 e. The molecule has 7 heteroatoms. The molecule has 7 nitrogen and oxygen atoms in total. The fourth-order valence-electron chi connectivity index (χ4n) is 3.63. The van der Waals surface area contributed by atoms with Crippen LogP contribution in [0.15, 0.2) is 36.7 Å². The van der Waals surface area contributed by atoms with E-state index in [0.717, 1.165) is 42.0 Å². The first-order chi connectivity index (χ1) is 12.1. The molecule has 1 fully saturated rings. The first-order valence-electron chi connectivity index (χ1n) is 8.44. The third-order valence-electron chi connectivity index (χ3n) is 4.83. The van der Waals surface area contributed by atoms with Gasteiger partial charge in [0.1, 0.15) is 0 Å². The van der Waals surface area contributed by atoms with E-state index in [9.17, 15) is 4.79 Å². The second-order valence-electron chi connectivity index (χ2n) is 6.40. The van der Waals surface area contributed by atoms with Crippen LogP contribution >= 0.6 is 0 Å². The lowest BCUT2D eigenvalue weighted by Crippen LogP contribution is -2.31. The maximum absolute atomic E-state index is 13.0. The van der Waals surface area contributed by atoms with Crippen molar-refractivity contribution >= 4 is 5.91 Å². The van der Waals surface area contributed by atoms with Gasteiger partial charge < -0.3 is 4.90 Å². The van der Waals surface area contributed by atoms with Crippen LogP contribution in [0.4, 0.5) is 0 Å². The minimum atomic E-state index is 0.0626. The molecule has 1 aliphatic heterocycles. The molecule has 0 saturated carbocycles. The summed E-state index contributed by atoms with van der Waals surface area (Å²) in [6.45, 7) is 4.79. The number of carbonyl (C=O) groups is 1. The van der Waals surface area contributed by atoms with E-state index >= 15 is 0 Å². The van der Waals surface area contributed by atoms with E-state index in [0.29, 0.717) is 5.56 Å². The summed E-state index contributed by atoms with van der Waals surface area (Å²) in [7, 11) is 0. The van der Waals surface area contributed by atoms with Gasteiger partial charge in [-0.25, -0.2) is 4.68 Å². The molecular formula is C18H20N6O. The van der Waals surface area contributed by atoms with E-state index in [1.807, 2.05) is 43.0 Å². The summed E-state index contributed by atoms with van der Waals surface area (Å²) in [6.07, 6.45) is 5.39. The maximum Gasteiger partial charge on any atom is 0.254 e. The Labute approximate surface area is 145 Å². The largest absolute Gasteiger partial charge is 0.331 e. The molecule has 2 aromatic heterocycles. The van der Waals surface area contributed by atoms with Crippen molar-refractivity contribution in [2.75, 3.05) is 6.54 Å². The van der Waals surface area contributed by atoms with E-state index in [2.05, 4.69) is 20.5 Å². The minimum Gasteiger partial charge on any atom is -0.331 e. The Hall–Kier alpha value is -2.96. The quantitative estimate of drug-likeness (QED) is 0.797.